The van der Waals surface area contributed by atoms with Crippen molar-refractivity contribution in [3.05, 3.63) is 29.8 Å². The quantitative estimate of drug-likeness (QED) is 0.500. The zero-order valence-corrected chi connectivity index (χ0v) is 11.5. The summed E-state index contributed by atoms with van der Waals surface area (Å²) in [5, 5.41) is 8.65. The molecule has 18 heavy (non-hydrogen) atoms. The monoisotopic (exact) mass is 262 g/mol. The molecule has 0 fully saturated rings. The molecule has 5 heteroatoms. The Morgan fingerprint density at radius 3 is 2.78 bits per heavy atom. The molecule has 1 atom stereocenters. The largest absolute Gasteiger partial charge is 0.335 e. The molecule has 0 aromatic heterocycles. The van der Waals surface area contributed by atoms with E-state index in [4.69, 9.17) is 5.84 Å². The van der Waals surface area contributed by atoms with Gasteiger partial charge in [-0.05, 0) is 31.0 Å². The van der Waals surface area contributed by atoms with Gasteiger partial charge >= 0.3 is 0 Å². The first kappa shape index (κ1) is 13.0. The van der Waals surface area contributed by atoms with Crippen LogP contribution < -0.4 is 11.2 Å². The fourth-order valence-electron chi connectivity index (χ4n) is 1.69. The highest BCUT2D eigenvalue weighted by Crippen LogP contribution is 2.24. The Hall–Kier alpha value is -1.49. The van der Waals surface area contributed by atoms with Crippen molar-refractivity contribution < 1.29 is 0 Å². The highest BCUT2D eigenvalue weighted by Gasteiger charge is 2.17. The molecule has 0 spiro atoms. The van der Waals surface area contributed by atoms with Crippen LogP contribution in [0, 0.1) is 0 Å². The molecule has 0 amide bonds. The summed E-state index contributed by atoms with van der Waals surface area (Å²) in [6.45, 7) is 5.01. The number of anilines is 1. The van der Waals surface area contributed by atoms with Crippen molar-refractivity contribution in [2.24, 2.45) is 15.9 Å². The van der Waals surface area contributed by atoms with Gasteiger partial charge in [-0.25, -0.2) is 0 Å². The van der Waals surface area contributed by atoms with Crippen LogP contribution in [0.4, 0.5) is 5.69 Å². The second-order valence-corrected chi connectivity index (χ2v) is 5.50. The van der Waals surface area contributed by atoms with E-state index in [9.17, 15) is 0 Å². The summed E-state index contributed by atoms with van der Waals surface area (Å²) >= 11 is 1.82. The maximum Gasteiger partial charge on any atom is 0.161 e. The van der Waals surface area contributed by atoms with Crippen molar-refractivity contribution >= 4 is 28.3 Å². The van der Waals surface area contributed by atoms with E-state index >= 15 is 0 Å². The highest BCUT2D eigenvalue weighted by atomic mass is 32.2. The van der Waals surface area contributed by atoms with E-state index in [2.05, 4.69) is 22.3 Å². The molecule has 1 heterocycles. The molecule has 2 rings (SSSR count). The second kappa shape index (κ2) is 5.91. The smallest absolute Gasteiger partial charge is 0.161 e. The van der Waals surface area contributed by atoms with Gasteiger partial charge in [-0.2, -0.15) is 5.10 Å². The van der Waals surface area contributed by atoms with Gasteiger partial charge in [0.25, 0.3) is 0 Å². The molecule has 0 aliphatic carbocycles. The van der Waals surface area contributed by atoms with E-state index < -0.39 is 0 Å². The predicted molar refractivity (Wildman–Crippen MR) is 80.4 cm³/mol. The summed E-state index contributed by atoms with van der Waals surface area (Å²) in [6.07, 6.45) is 1.16. The number of nitrogens with one attached hydrogen (secondary N) is 1. The predicted octanol–water partition coefficient (Wildman–Crippen LogP) is 2.66. The minimum atomic E-state index is 0.624. The fraction of sp³-hybridized carbons (Fsp3) is 0.385. The highest BCUT2D eigenvalue weighted by molar-refractivity contribution is 8.15. The zero-order valence-electron chi connectivity index (χ0n) is 10.7. The van der Waals surface area contributed by atoms with Gasteiger partial charge in [0.2, 0.25) is 0 Å². The third-order valence-corrected chi connectivity index (χ3v) is 4.19. The second-order valence-electron chi connectivity index (χ2n) is 4.21. The number of nitrogens with zero attached hydrogens (tertiary/aromatic N) is 2. The van der Waals surface area contributed by atoms with Gasteiger partial charge in [-0.15, -0.1) is 0 Å². The molecular weight excluding hydrogens is 244 g/mol. The third-order valence-electron chi connectivity index (χ3n) is 2.92. The first-order valence-corrected chi connectivity index (χ1v) is 6.94. The van der Waals surface area contributed by atoms with Crippen LogP contribution in [0.5, 0.6) is 0 Å². The number of thioether (sulfide) groups is 1. The topological polar surface area (TPSA) is 62.8 Å². The van der Waals surface area contributed by atoms with Crippen LogP contribution in [-0.4, -0.2) is 22.7 Å². The van der Waals surface area contributed by atoms with E-state index in [0.717, 1.165) is 35.1 Å². The Bertz CT molecular complexity index is 464. The Labute approximate surface area is 112 Å². The summed E-state index contributed by atoms with van der Waals surface area (Å²) in [5.74, 6) is 5.25. The first-order chi connectivity index (χ1) is 8.72. The van der Waals surface area contributed by atoms with Gasteiger partial charge in [-0.3, -0.25) is 4.99 Å². The van der Waals surface area contributed by atoms with Crippen molar-refractivity contribution in [1.82, 2.24) is 0 Å². The molecule has 3 N–H and O–H groups in total. The number of hydrogen-bond donors (Lipinski definition) is 2. The molecule has 0 bridgehead atoms. The number of hydrazone groups is 1. The van der Waals surface area contributed by atoms with Crippen LogP contribution >= 0.6 is 11.8 Å². The van der Waals surface area contributed by atoms with E-state index in [1.807, 2.05) is 43.0 Å². The van der Waals surface area contributed by atoms with Crippen LogP contribution in [0.15, 0.2) is 34.4 Å². The van der Waals surface area contributed by atoms with Gasteiger partial charge in [0.1, 0.15) is 0 Å². The lowest BCUT2D eigenvalue weighted by Crippen LogP contribution is -2.07. The Morgan fingerprint density at radius 2 is 2.22 bits per heavy atom. The number of benzene rings is 1. The van der Waals surface area contributed by atoms with Crippen molar-refractivity contribution in [2.45, 2.75) is 25.5 Å². The maximum atomic E-state index is 5.25. The van der Waals surface area contributed by atoms with Gasteiger partial charge in [0, 0.05) is 10.9 Å². The first-order valence-electron chi connectivity index (χ1n) is 6.06. The summed E-state index contributed by atoms with van der Waals surface area (Å²) < 4.78 is 0. The molecule has 1 aliphatic heterocycles. The third kappa shape index (κ3) is 3.04. The molecule has 0 saturated carbocycles. The molecule has 0 saturated heterocycles. The van der Waals surface area contributed by atoms with Crippen LogP contribution in [0.1, 0.15) is 25.8 Å². The molecular formula is C13H18N4S. The lowest BCUT2D eigenvalue weighted by Gasteiger charge is -2.07. The van der Waals surface area contributed by atoms with E-state index in [1.165, 1.54) is 0 Å². The lowest BCUT2D eigenvalue weighted by atomic mass is 10.1. The molecule has 0 unspecified atom stereocenters. The normalized spacial score (nSPS) is 19.8. The van der Waals surface area contributed by atoms with Crippen LogP contribution in [-0.2, 0) is 0 Å². The van der Waals surface area contributed by atoms with Crippen molar-refractivity contribution in [3.63, 3.8) is 0 Å². The van der Waals surface area contributed by atoms with Crippen LogP contribution in [0.3, 0.4) is 0 Å². The van der Waals surface area contributed by atoms with Crippen molar-refractivity contribution in [1.29, 1.82) is 0 Å². The minimum Gasteiger partial charge on any atom is -0.335 e. The molecule has 4 nitrogen and oxygen atoms in total. The van der Waals surface area contributed by atoms with Gasteiger partial charge < -0.3 is 11.2 Å². The fourth-order valence-corrected chi connectivity index (χ4v) is 2.65. The van der Waals surface area contributed by atoms with E-state index in [0.29, 0.717) is 5.25 Å². The Kier molecular flexibility index (Phi) is 4.25. The minimum absolute atomic E-state index is 0.624. The van der Waals surface area contributed by atoms with Crippen molar-refractivity contribution in [2.75, 3.05) is 11.9 Å². The maximum absolute atomic E-state index is 5.25. The Balaban J connectivity index is 1.99. The van der Waals surface area contributed by atoms with Gasteiger partial charge in [-0.1, -0.05) is 30.8 Å². The summed E-state index contributed by atoms with van der Waals surface area (Å²) in [5.41, 5.74) is 2.92. The van der Waals surface area contributed by atoms with Crippen LogP contribution in [0.25, 0.3) is 0 Å². The van der Waals surface area contributed by atoms with Crippen LogP contribution in [0.2, 0.25) is 0 Å². The number of aliphatic imine (C=N–C) groups is 1. The summed E-state index contributed by atoms with van der Waals surface area (Å²) in [7, 11) is 0. The van der Waals surface area contributed by atoms with Gasteiger partial charge in [0.05, 0.1) is 12.3 Å². The standard InChI is InChI=1S/C13H18N4S/c1-3-12-8-15-13(18-12)16-11-6-4-10(5-7-11)9(2)17-14/h4-7,12H,3,8,14H2,1-2H3,(H,15,16)/b17-9-/t12-/m0/s1. The van der Waals surface area contributed by atoms with E-state index in [1.54, 1.807) is 0 Å². The number of hydrogen-bond acceptors (Lipinski definition) is 5. The average molecular weight is 262 g/mol. The molecule has 0 radical (unpaired) electrons. The number of amidine groups is 1. The van der Waals surface area contributed by atoms with Crippen molar-refractivity contribution in [3.8, 4) is 0 Å². The number of rotatable bonds is 3. The van der Waals surface area contributed by atoms with E-state index in [-0.39, 0.29) is 0 Å². The number of nitrogens with two attached hydrogens (primary N) is 1. The average Bonchev–Trinajstić information content (AvgIpc) is 2.86. The molecule has 96 valence electrons. The van der Waals surface area contributed by atoms with Gasteiger partial charge in [0.15, 0.2) is 5.17 Å². The SMILES string of the molecule is CC[C@H]1CN=C(Nc2ccc(/C(C)=N\N)cc2)S1. The Morgan fingerprint density at radius 1 is 1.50 bits per heavy atom. The lowest BCUT2D eigenvalue weighted by molar-refractivity contribution is 0.843. The molecule has 1 aliphatic rings. The molecule has 1 aromatic rings. The zero-order chi connectivity index (χ0) is 13.0. The molecule has 1 aromatic carbocycles. The summed E-state index contributed by atoms with van der Waals surface area (Å²) in [4.78, 5) is 4.48. The summed E-state index contributed by atoms with van der Waals surface area (Å²) in [6, 6.07) is 8.05.